The molecule has 0 unspecified atom stereocenters. The molecular weight excluding hydrogens is 496 g/mol. The molecule has 0 aliphatic carbocycles. The molecule has 6 nitrogen and oxygen atoms in total. The highest BCUT2D eigenvalue weighted by atomic mass is 28.5. The largest absolute Gasteiger partial charge is 0.509 e. The Kier molecular flexibility index (Phi) is 10.7. The van der Waals surface area contributed by atoms with E-state index < -0.39 is 48.1 Å². The second-order valence-corrected chi connectivity index (χ2v) is 30.4. The normalized spacial score (nSPS) is 23.3. The van der Waals surface area contributed by atoms with Crippen molar-refractivity contribution < 1.29 is 8.63 Å². The van der Waals surface area contributed by atoms with Crippen molar-refractivity contribution in [1.29, 1.82) is 0 Å². The van der Waals surface area contributed by atoms with E-state index in [4.69, 9.17) is 0 Å². The topological polar surface area (TPSA) is 37.0 Å². The minimum absolute atomic E-state index is 0.0860. The lowest BCUT2D eigenvalue weighted by molar-refractivity contribution is 0.268. The average Bonchev–Trinajstić information content (AvgIpc) is 2.47. The number of nitrogens with zero attached hydrogens (tertiary/aromatic N) is 4. The zero-order valence-corrected chi connectivity index (χ0v) is 29.0. The number of hydrogen-bond acceptors (Lipinski definition) is 6. The van der Waals surface area contributed by atoms with Gasteiger partial charge in [-0.25, -0.2) is 0 Å². The van der Waals surface area contributed by atoms with Crippen LogP contribution >= 0.6 is 0 Å². The quantitative estimate of drug-likeness (QED) is 0.426. The Morgan fingerprint density at radius 3 is 0.824 bits per heavy atom. The molecule has 1 heterocycles. The summed E-state index contributed by atoms with van der Waals surface area (Å²) in [6, 6.07) is 0.344. The summed E-state index contributed by atoms with van der Waals surface area (Å²) in [5, 5.41) is 0. The van der Waals surface area contributed by atoms with Crippen LogP contribution in [0.3, 0.4) is 0 Å². The molecular formula is C20H54B2F2N6Si4. The summed E-state index contributed by atoms with van der Waals surface area (Å²) in [7, 11) is -12.4. The van der Waals surface area contributed by atoms with E-state index in [1.165, 1.54) is 0 Å². The zero-order valence-electron chi connectivity index (χ0n) is 25.0. The van der Waals surface area contributed by atoms with Crippen LogP contribution in [0, 0.1) is 0 Å². The summed E-state index contributed by atoms with van der Waals surface area (Å²) >= 11 is 0. The fourth-order valence-corrected chi connectivity index (χ4v) is 36.4. The Hall–Kier alpha value is 0.617. The molecule has 200 valence electrons. The van der Waals surface area contributed by atoms with Gasteiger partial charge in [-0.1, -0.05) is 55.4 Å². The van der Waals surface area contributed by atoms with Gasteiger partial charge in [-0.15, -0.1) is 0 Å². The minimum Gasteiger partial charge on any atom is -0.337 e. The Morgan fingerprint density at radius 1 is 0.500 bits per heavy atom. The number of hydrogen-bond donors (Lipinski definition) is 2. The summed E-state index contributed by atoms with van der Waals surface area (Å²) < 4.78 is 45.7. The van der Waals surface area contributed by atoms with Gasteiger partial charge in [0.15, 0.2) is 33.6 Å². The third-order valence-electron chi connectivity index (χ3n) is 6.94. The van der Waals surface area contributed by atoms with Crippen molar-refractivity contribution in [2.75, 3.05) is 0 Å². The first-order valence-electron chi connectivity index (χ1n) is 13.0. The highest BCUT2D eigenvalue weighted by Gasteiger charge is 2.61. The molecule has 0 bridgehead atoms. The van der Waals surface area contributed by atoms with E-state index in [2.05, 4.69) is 125 Å². The molecule has 1 rings (SSSR count). The number of rotatable bonds is 8. The second-order valence-electron chi connectivity index (χ2n) is 13.1. The van der Waals surface area contributed by atoms with Crippen molar-refractivity contribution >= 4 is 48.1 Å². The van der Waals surface area contributed by atoms with E-state index in [1.54, 1.807) is 0 Å². The fourth-order valence-electron chi connectivity index (χ4n) is 6.64. The summed E-state index contributed by atoms with van der Waals surface area (Å²) in [5.41, 5.74) is 0. The minimum atomic E-state index is -2.51. The van der Waals surface area contributed by atoms with E-state index in [1.807, 2.05) is 9.62 Å². The van der Waals surface area contributed by atoms with Crippen LogP contribution in [0.15, 0.2) is 0 Å². The van der Waals surface area contributed by atoms with Crippen LogP contribution in [0.4, 0.5) is 8.63 Å². The Labute approximate surface area is 215 Å². The lowest BCUT2D eigenvalue weighted by Crippen LogP contribution is -2.92. The molecule has 0 aromatic heterocycles. The maximum absolute atomic E-state index is 16.6. The fraction of sp³-hybridized carbons (Fsp3) is 1.00. The summed E-state index contributed by atoms with van der Waals surface area (Å²) in [5.74, 6) is 0. The lowest BCUT2D eigenvalue weighted by atomic mass is 9.98. The highest BCUT2D eigenvalue weighted by Crippen LogP contribution is 2.32. The first-order valence-corrected chi connectivity index (χ1v) is 24.8. The predicted molar refractivity (Wildman–Crippen MR) is 158 cm³/mol. The van der Waals surface area contributed by atoms with Gasteiger partial charge in [0.05, 0.1) is 0 Å². The van der Waals surface area contributed by atoms with Crippen LogP contribution in [0.25, 0.3) is 0 Å². The van der Waals surface area contributed by atoms with Crippen molar-refractivity contribution in [1.82, 2.24) is 27.2 Å². The number of nitrogens with one attached hydrogen (secondary N) is 2. The van der Waals surface area contributed by atoms with Gasteiger partial charge in [-0.05, 0) is 76.5 Å². The molecule has 34 heavy (non-hydrogen) atoms. The summed E-state index contributed by atoms with van der Waals surface area (Å²) in [4.78, 5) is 3.96. The standard InChI is InChI=1S/C20H54B2F2N6Si4/c1-17(2)27(18(3)4)21(23)29-31(9,10)25-33(13,14)30(34(15,16)26-32(29,11)12)22(24)28(19(5)6)20(7)8/h17-20,25-26H,1-16H3. The maximum Gasteiger partial charge on any atom is 0.509 e. The number of halogens is 2. The molecule has 0 amide bonds. The monoisotopic (exact) mass is 550 g/mol. The van der Waals surface area contributed by atoms with Gasteiger partial charge in [0.25, 0.3) is 0 Å². The first-order chi connectivity index (χ1) is 15.0. The molecule has 0 radical (unpaired) electrons. The van der Waals surface area contributed by atoms with Crippen molar-refractivity contribution in [2.24, 2.45) is 0 Å². The van der Waals surface area contributed by atoms with Crippen LogP contribution in [0.1, 0.15) is 55.4 Å². The molecule has 0 atom stereocenters. The zero-order chi connectivity index (χ0) is 27.2. The van der Waals surface area contributed by atoms with Crippen molar-refractivity contribution in [2.45, 2.75) is 132 Å². The molecule has 2 N–H and O–H groups in total. The molecule has 1 aliphatic heterocycles. The van der Waals surface area contributed by atoms with Crippen LogP contribution in [0.5, 0.6) is 0 Å². The van der Waals surface area contributed by atoms with Crippen LogP contribution < -0.4 is 9.30 Å². The van der Waals surface area contributed by atoms with Gasteiger partial charge in [0.1, 0.15) is 0 Å². The van der Waals surface area contributed by atoms with Gasteiger partial charge >= 0.3 is 14.5 Å². The van der Waals surface area contributed by atoms with Crippen molar-refractivity contribution in [3.05, 3.63) is 0 Å². The molecule has 1 saturated heterocycles. The first kappa shape index (κ1) is 32.6. The third-order valence-corrected chi connectivity index (χ3v) is 29.1. The highest BCUT2D eigenvalue weighted by molar-refractivity contribution is 7.10. The predicted octanol–water partition coefficient (Wildman–Crippen LogP) is 4.74. The second kappa shape index (κ2) is 11.2. The van der Waals surface area contributed by atoms with Crippen molar-refractivity contribution in [3.8, 4) is 0 Å². The molecule has 0 saturated carbocycles. The van der Waals surface area contributed by atoms with Gasteiger partial charge in [0, 0.05) is 0 Å². The Morgan fingerprint density at radius 2 is 0.676 bits per heavy atom. The molecule has 14 heteroatoms. The van der Waals surface area contributed by atoms with E-state index in [0.717, 1.165) is 0 Å². The summed E-state index contributed by atoms with van der Waals surface area (Å²) in [6.45, 7) is 34.2. The van der Waals surface area contributed by atoms with Crippen LogP contribution in [0.2, 0.25) is 52.4 Å². The molecule has 0 aromatic rings. The molecule has 0 spiro atoms. The van der Waals surface area contributed by atoms with Crippen molar-refractivity contribution in [3.63, 3.8) is 0 Å². The Balaban J connectivity index is 3.69. The van der Waals surface area contributed by atoms with Crippen LogP contribution in [-0.2, 0) is 0 Å². The Bertz CT molecular complexity index is 585. The smallest absolute Gasteiger partial charge is 0.337 e. The maximum atomic E-state index is 16.6. The van der Waals surface area contributed by atoms with E-state index in [-0.39, 0.29) is 24.2 Å². The van der Waals surface area contributed by atoms with Crippen LogP contribution in [-0.4, -0.2) is 90.2 Å². The van der Waals surface area contributed by atoms with E-state index >= 15 is 8.63 Å². The molecule has 1 fully saturated rings. The molecule has 0 aromatic carbocycles. The average molecular weight is 551 g/mol. The van der Waals surface area contributed by atoms with Gasteiger partial charge in [0.2, 0.25) is 0 Å². The SMILES string of the molecule is CC(C)N(B(F)N1[Si](C)(C)N[Si](C)(C)N(B(F)N(C(C)C)C(C)C)[Si](C)(C)N[Si]1(C)C)C(C)C. The van der Waals surface area contributed by atoms with E-state index in [0.29, 0.717) is 0 Å². The van der Waals surface area contributed by atoms with Gasteiger partial charge in [-0.2, -0.15) is 0 Å². The van der Waals surface area contributed by atoms with Gasteiger partial charge in [-0.3, -0.25) is 18.3 Å². The third kappa shape index (κ3) is 6.93. The lowest BCUT2D eigenvalue weighted by Gasteiger charge is -2.61. The van der Waals surface area contributed by atoms with Gasteiger partial charge < -0.3 is 17.6 Å². The molecule has 1 aliphatic rings. The van der Waals surface area contributed by atoms with E-state index in [9.17, 15) is 0 Å². The summed E-state index contributed by atoms with van der Waals surface area (Å²) in [6.07, 6.45) is 0.